The van der Waals surface area contributed by atoms with Crippen LogP contribution in [0.1, 0.15) is 26.2 Å². The van der Waals surface area contributed by atoms with Crippen molar-refractivity contribution in [3.8, 4) is 6.07 Å². The Labute approximate surface area is 107 Å². The Balaban J connectivity index is 2.16. The van der Waals surface area contributed by atoms with Gasteiger partial charge in [-0.2, -0.15) is 5.26 Å². The Morgan fingerprint density at radius 1 is 1.53 bits per heavy atom. The van der Waals surface area contributed by atoms with Gasteiger partial charge in [-0.1, -0.05) is 0 Å². The SMILES string of the molecule is CNC(C)(C#N)CCCCSc1ccncn1. The highest BCUT2D eigenvalue weighted by atomic mass is 32.2. The van der Waals surface area contributed by atoms with Gasteiger partial charge in [0.25, 0.3) is 0 Å². The third-order valence-electron chi connectivity index (χ3n) is 2.67. The van der Waals surface area contributed by atoms with E-state index in [1.54, 1.807) is 24.3 Å². The molecule has 1 unspecified atom stereocenters. The molecule has 0 saturated carbocycles. The van der Waals surface area contributed by atoms with Gasteiger partial charge in [-0.3, -0.25) is 0 Å². The molecule has 4 nitrogen and oxygen atoms in total. The lowest BCUT2D eigenvalue weighted by Gasteiger charge is -2.20. The normalized spacial score (nSPS) is 13.9. The summed E-state index contributed by atoms with van der Waals surface area (Å²) in [6.07, 6.45) is 6.33. The van der Waals surface area contributed by atoms with Crippen LogP contribution in [0.3, 0.4) is 0 Å². The lowest BCUT2D eigenvalue weighted by Crippen LogP contribution is -2.37. The summed E-state index contributed by atoms with van der Waals surface area (Å²) in [4.78, 5) is 8.02. The van der Waals surface area contributed by atoms with Gasteiger partial charge in [0.15, 0.2) is 0 Å². The maximum absolute atomic E-state index is 8.99. The van der Waals surface area contributed by atoms with E-state index in [2.05, 4.69) is 21.4 Å². The molecule has 0 bridgehead atoms. The molecule has 1 aromatic rings. The van der Waals surface area contributed by atoms with E-state index in [-0.39, 0.29) is 5.54 Å². The number of thioether (sulfide) groups is 1. The molecule has 1 rings (SSSR count). The quantitative estimate of drug-likeness (QED) is 0.457. The first-order valence-corrected chi connectivity index (χ1v) is 6.68. The van der Waals surface area contributed by atoms with Gasteiger partial charge in [0, 0.05) is 6.20 Å². The van der Waals surface area contributed by atoms with E-state index in [0.29, 0.717) is 0 Å². The maximum atomic E-state index is 8.99. The van der Waals surface area contributed by atoms with Crippen molar-refractivity contribution < 1.29 is 0 Å². The zero-order chi connectivity index (χ0) is 12.6. The largest absolute Gasteiger partial charge is 0.303 e. The number of hydrogen-bond donors (Lipinski definition) is 1. The highest BCUT2D eigenvalue weighted by Gasteiger charge is 2.19. The molecule has 0 aliphatic heterocycles. The first-order chi connectivity index (χ1) is 8.20. The van der Waals surface area contributed by atoms with Gasteiger partial charge < -0.3 is 5.32 Å². The summed E-state index contributed by atoms with van der Waals surface area (Å²) in [5, 5.41) is 13.0. The molecule has 92 valence electrons. The van der Waals surface area contributed by atoms with Crippen molar-refractivity contribution in [3.63, 3.8) is 0 Å². The van der Waals surface area contributed by atoms with E-state index in [4.69, 9.17) is 5.26 Å². The topological polar surface area (TPSA) is 61.6 Å². The zero-order valence-corrected chi connectivity index (χ0v) is 11.1. The van der Waals surface area contributed by atoms with Crippen LogP contribution in [-0.4, -0.2) is 28.3 Å². The fraction of sp³-hybridized carbons (Fsp3) is 0.583. The van der Waals surface area contributed by atoms with Gasteiger partial charge in [-0.15, -0.1) is 11.8 Å². The molecule has 1 aromatic heterocycles. The number of rotatable bonds is 7. The summed E-state index contributed by atoms with van der Waals surface area (Å²) >= 11 is 1.73. The highest BCUT2D eigenvalue weighted by molar-refractivity contribution is 7.99. The maximum Gasteiger partial charge on any atom is 0.116 e. The minimum atomic E-state index is -0.389. The fourth-order valence-corrected chi connectivity index (χ4v) is 2.19. The molecule has 0 aliphatic carbocycles. The molecular formula is C12H18N4S. The van der Waals surface area contributed by atoms with Crippen LogP contribution >= 0.6 is 11.8 Å². The molecule has 0 spiro atoms. The number of nitrogens with zero attached hydrogens (tertiary/aromatic N) is 3. The van der Waals surface area contributed by atoms with Gasteiger partial charge in [0.2, 0.25) is 0 Å². The predicted molar refractivity (Wildman–Crippen MR) is 69.7 cm³/mol. The molecule has 0 saturated heterocycles. The van der Waals surface area contributed by atoms with E-state index < -0.39 is 0 Å². The van der Waals surface area contributed by atoms with Crippen molar-refractivity contribution >= 4 is 11.8 Å². The predicted octanol–water partition coefficient (Wildman–Crippen LogP) is 2.24. The molecule has 1 atom stereocenters. The van der Waals surface area contributed by atoms with Gasteiger partial charge in [0.05, 0.1) is 11.1 Å². The summed E-state index contributed by atoms with van der Waals surface area (Å²) in [6.45, 7) is 1.94. The van der Waals surface area contributed by atoms with Crippen LogP contribution in [0.2, 0.25) is 0 Å². The summed E-state index contributed by atoms with van der Waals surface area (Å²) in [6, 6.07) is 4.21. The first-order valence-electron chi connectivity index (χ1n) is 5.69. The molecule has 0 aromatic carbocycles. The molecule has 1 N–H and O–H groups in total. The average Bonchev–Trinajstić information content (AvgIpc) is 2.39. The van der Waals surface area contributed by atoms with Crippen molar-refractivity contribution in [1.29, 1.82) is 5.26 Å². The van der Waals surface area contributed by atoms with Gasteiger partial charge in [-0.25, -0.2) is 9.97 Å². The van der Waals surface area contributed by atoms with Crippen molar-refractivity contribution in [2.24, 2.45) is 0 Å². The molecule has 0 amide bonds. The van der Waals surface area contributed by atoms with Crippen LogP contribution in [0.5, 0.6) is 0 Å². The zero-order valence-electron chi connectivity index (χ0n) is 10.3. The third kappa shape index (κ3) is 5.16. The summed E-state index contributed by atoms with van der Waals surface area (Å²) in [7, 11) is 1.83. The van der Waals surface area contributed by atoms with Crippen LogP contribution in [0.25, 0.3) is 0 Å². The Hall–Kier alpha value is -1.12. The summed E-state index contributed by atoms with van der Waals surface area (Å²) < 4.78 is 0. The van der Waals surface area contributed by atoms with Crippen molar-refractivity contribution in [1.82, 2.24) is 15.3 Å². The third-order valence-corrected chi connectivity index (χ3v) is 3.70. The van der Waals surface area contributed by atoms with Crippen LogP contribution in [0.15, 0.2) is 23.6 Å². The Morgan fingerprint density at radius 3 is 2.94 bits per heavy atom. The standard InChI is InChI=1S/C12H18N4S/c1-12(9-13,14-2)6-3-4-8-17-11-5-7-15-10-16-11/h5,7,10,14H,3-4,6,8H2,1-2H3. The molecule has 5 heteroatoms. The molecule has 17 heavy (non-hydrogen) atoms. The average molecular weight is 250 g/mol. The van der Waals surface area contributed by atoms with Crippen LogP contribution in [0.4, 0.5) is 0 Å². The van der Waals surface area contributed by atoms with Gasteiger partial charge in [-0.05, 0) is 45.1 Å². The minimum Gasteiger partial charge on any atom is -0.303 e. The lowest BCUT2D eigenvalue weighted by molar-refractivity contribution is 0.439. The van der Waals surface area contributed by atoms with Gasteiger partial charge >= 0.3 is 0 Å². The number of aromatic nitrogens is 2. The Bertz CT molecular complexity index is 363. The molecule has 0 radical (unpaired) electrons. The Morgan fingerprint density at radius 2 is 2.35 bits per heavy atom. The van der Waals surface area contributed by atoms with E-state index in [9.17, 15) is 0 Å². The second kappa shape index (κ2) is 7.25. The highest BCUT2D eigenvalue weighted by Crippen LogP contribution is 2.18. The number of hydrogen-bond acceptors (Lipinski definition) is 5. The van der Waals surface area contributed by atoms with E-state index >= 15 is 0 Å². The monoisotopic (exact) mass is 250 g/mol. The summed E-state index contributed by atoms with van der Waals surface area (Å²) in [5.41, 5.74) is -0.389. The molecule has 0 fully saturated rings. The van der Waals surface area contributed by atoms with Crippen LogP contribution in [-0.2, 0) is 0 Å². The van der Waals surface area contributed by atoms with E-state index in [1.165, 1.54) is 0 Å². The number of nitrogens with one attached hydrogen (secondary N) is 1. The number of unbranched alkanes of at least 4 members (excludes halogenated alkanes) is 1. The van der Waals surface area contributed by atoms with Gasteiger partial charge in [0.1, 0.15) is 11.9 Å². The lowest BCUT2D eigenvalue weighted by atomic mass is 9.97. The summed E-state index contributed by atoms with van der Waals surface area (Å²) in [5.74, 6) is 1.03. The second-order valence-corrected chi connectivity index (χ2v) is 5.16. The van der Waals surface area contributed by atoms with Crippen LogP contribution in [0, 0.1) is 11.3 Å². The van der Waals surface area contributed by atoms with Crippen molar-refractivity contribution in [2.75, 3.05) is 12.8 Å². The molecule has 1 heterocycles. The Kier molecular flexibility index (Phi) is 5.95. The van der Waals surface area contributed by atoms with E-state index in [1.807, 2.05) is 20.0 Å². The molecule has 0 aliphatic rings. The fourth-order valence-electron chi connectivity index (χ4n) is 1.36. The van der Waals surface area contributed by atoms with Crippen molar-refractivity contribution in [2.45, 2.75) is 36.8 Å². The number of nitriles is 1. The second-order valence-electron chi connectivity index (χ2n) is 4.05. The first kappa shape index (κ1) is 13.9. The van der Waals surface area contributed by atoms with Crippen molar-refractivity contribution in [3.05, 3.63) is 18.6 Å². The van der Waals surface area contributed by atoms with Crippen LogP contribution < -0.4 is 5.32 Å². The van der Waals surface area contributed by atoms with E-state index in [0.717, 1.165) is 30.0 Å². The minimum absolute atomic E-state index is 0.389. The molecular weight excluding hydrogens is 232 g/mol. The smallest absolute Gasteiger partial charge is 0.116 e.